The Labute approximate surface area is 165 Å². The van der Waals surface area contributed by atoms with Crippen molar-refractivity contribution in [3.8, 4) is 5.69 Å². The molecule has 0 fully saturated rings. The number of carbonyl (C=O) groups excluding carboxylic acids is 1. The minimum atomic E-state index is -0.649. The number of fused-ring (bicyclic) bond motifs is 1. The lowest BCUT2D eigenvalue weighted by Crippen LogP contribution is -2.18. The van der Waals surface area contributed by atoms with E-state index >= 15 is 0 Å². The van der Waals surface area contributed by atoms with Crippen LogP contribution in [0.25, 0.3) is 5.69 Å². The lowest BCUT2D eigenvalue weighted by Gasteiger charge is -2.14. The summed E-state index contributed by atoms with van der Waals surface area (Å²) in [7, 11) is 0. The minimum absolute atomic E-state index is 0.0797. The first-order valence-electron chi connectivity index (χ1n) is 8.47. The number of halogens is 2. The highest BCUT2D eigenvalue weighted by atomic mass is 35.5. The highest BCUT2D eigenvalue weighted by molar-refractivity contribution is 7.98. The topological polar surface area (TPSA) is 46.9 Å². The molecule has 4 rings (SSSR count). The molecule has 0 saturated heterocycles. The van der Waals surface area contributed by atoms with Gasteiger partial charge < -0.3 is 5.32 Å². The fraction of sp³-hybridized carbons (Fsp3) is 0.200. The number of carbonyl (C=O) groups is 1. The van der Waals surface area contributed by atoms with Crippen molar-refractivity contribution in [3.05, 3.63) is 75.2 Å². The van der Waals surface area contributed by atoms with Crippen LogP contribution in [-0.2, 0) is 11.5 Å². The van der Waals surface area contributed by atoms with Crippen LogP contribution in [0.4, 0.5) is 10.2 Å². The normalized spacial score (nSPS) is 12.9. The zero-order valence-electron chi connectivity index (χ0n) is 14.8. The summed E-state index contributed by atoms with van der Waals surface area (Å²) >= 11 is 7.79. The van der Waals surface area contributed by atoms with Gasteiger partial charge in [-0.25, -0.2) is 9.07 Å². The van der Waals surface area contributed by atoms with E-state index in [1.54, 1.807) is 16.4 Å². The van der Waals surface area contributed by atoms with Crippen LogP contribution < -0.4 is 5.32 Å². The van der Waals surface area contributed by atoms with Gasteiger partial charge in [0.25, 0.3) is 5.91 Å². The first-order chi connectivity index (χ1) is 13.0. The van der Waals surface area contributed by atoms with E-state index in [-0.39, 0.29) is 10.6 Å². The number of nitrogens with one attached hydrogen (secondary N) is 1. The third-order valence-electron chi connectivity index (χ3n) is 4.55. The second-order valence-electron chi connectivity index (χ2n) is 6.52. The largest absolute Gasteiger partial charge is 0.306 e. The molecular formula is C20H17ClFN3OS. The molecule has 1 aliphatic rings. The van der Waals surface area contributed by atoms with Gasteiger partial charge in [0.2, 0.25) is 0 Å². The Bertz CT molecular complexity index is 1040. The maximum atomic E-state index is 14.2. The highest BCUT2D eigenvalue weighted by Crippen LogP contribution is 2.37. The predicted octanol–water partition coefficient (Wildman–Crippen LogP) is 5.28. The van der Waals surface area contributed by atoms with Crippen molar-refractivity contribution >= 4 is 35.1 Å². The maximum Gasteiger partial charge on any atom is 0.261 e. The third kappa shape index (κ3) is 3.24. The number of anilines is 1. The molecule has 1 amide bonds. The minimum Gasteiger partial charge on any atom is -0.306 e. The Balaban J connectivity index is 1.80. The van der Waals surface area contributed by atoms with E-state index in [2.05, 4.69) is 11.4 Å². The zero-order chi connectivity index (χ0) is 19.1. The number of benzene rings is 2. The van der Waals surface area contributed by atoms with Crippen molar-refractivity contribution in [2.75, 3.05) is 5.32 Å². The van der Waals surface area contributed by atoms with Crippen LogP contribution in [0.3, 0.4) is 0 Å². The smallest absolute Gasteiger partial charge is 0.261 e. The summed E-state index contributed by atoms with van der Waals surface area (Å²) in [6.45, 7) is 4.03. The van der Waals surface area contributed by atoms with Crippen LogP contribution in [-0.4, -0.2) is 15.7 Å². The van der Waals surface area contributed by atoms with Crippen molar-refractivity contribution in [3.63, 3.8) is 0 Å². The van der Waals surface area contributed by atoms with Crippen molar-refractivity contribution in [2.24, 2.45) is 0 Å². The Kier molecular flexibility index (Phi) is 4.70. The van der Waals surface area contributed by atoms with Gasteiger partial charge in [-0.2, -0.15) is 16.9 Å². The van der Waals surface area contributed by atoms with E-state index in [9.17, 15) is 9.18 Å². The van der Waals surface area contributed by atoms with E-state index in [0.717, 1.165) is 39.6 Å². The molecule has 2 heterocycles. The third-order valence-corrected chi connectivity index (χ3v) is 5.84. The van der Waals surface area contributed by atoms with Crippen LogP contribution in [0, 0.1) is 19.7 Å². The molecule has 1 aromatic heterocycles. The van der Waals surface area contributed by atoms with Gasteiger partial charge in [-0.3, -0.25) is 4.79 Å². The summed E-state index contributed by atoms with van der Waals surface area (Å²) in [4.78, 5) is 12.8. The second kappa shape index (κ2) is 7.02. The molecule has 0 aliphatic carbocycles. The summed E-state index contributed by atoms with van der Waals surface area (Å²) in [6.07, 6.45) is 0. The number of aryl methyl sites for hydroxylation is 2. The van der Waals surface area contributed by atoms with Crippen molar-refractivity contribution in [2.45, 2.75) is 25.4 Å². The molecule has 0 radical (unpaired) electrons. The molecule has 1 aliphatic heterocycles. The zero-order valence-corrected chi connectivity index (χ0v) is 16.4. The molecule has 0 saturated carbocycles. The summed E-state index contributed by atoms with van der Waals surface area (Å²) in [5, 5.41) is 7.63. The molecule has 4 nitrogen and oxygen atoms in total. The van der Waals surface area contributed by atoms with Gasteiger partial charge in [-0.15, -0.1) is 0 Å². The molecule has 1 N–H and O–H groups in total. The van der Waals surface area contributed by atoms with Crippen LogP contribution in [0.5, 0.6) is 0 Å². The van der Waals surface area contributed by atoms with Gasteiger partial charge in [-0.1, -0.05) is 35.4 Å². The fourth-order valence-electron chi connectivity index (χ4n) is 3.24. The monoisotopic (exact) mass is 401 g/mol. The molecule has 0 spiro atoms. The molecule has 138 valence electrons. The van der Waals surface area contributed by atoms with Crippen LogP contribution in [0.2, 0.25) is 5.02 Å². The number of hydrogen-bond acceptors (Lipinski definition) is 3. The summed E-state index contributed by atoms with van der Waals surface area (Å²) < 4.78 is 15.9. The van der Waals surface area contributed by atoms with Gasteiger partial charge in [0.05, 0.1) is 22.0 Å². The molecule has 3 aromatic rings. The standard InChI is InChI=1S/C20H17ClFN3OS/c1-11-6-7-17(12(2)8-11)25-19(13-9-27-10-16(13)24-25)23-20(26)18-14(21)4-3-5-15(18)22/h3-8H,9-10H2,1-2H3,(H,23,26). The van der Waals surface area contributed by atoms with Crippen molar-refractivity contribution in [1.82, 2.24) is 9.78 Å². The van der Waals surface area contributed by atoms with Crippen molar-refractivity contribution < 1.29 is 9.18 Å². The van der Waals surface area contributed by atoms with Crippen LogP contribution >= 0.6 is 23.4 Å². The molecule has 0 unspecified atom stereocenters. The van der Waals surface area contributed by atoms with Gasteiger partial charge >= 0.3 is 0 Å². The predicted molar refractivity (Wildman–Crippen MR) is 107 cm³/mol. The first kappa shape index (κ1) is 18.1. The lowest BCUT2D eigenvalue weighted by molar-refractivity contribution is 0.102. The lowest BCUT2D eigenvalue weighted by atomic mass is 10.1. The van der Waals surface area contributed by atoms with Gasteiger partial charge in [0, 0.05) is 17.1 Å². The number of nitrogens with zero attached hydrogens (tertiary/aromatic N) is 2. The average molecular weight is 402 g/mol. The van der Waals surface area contributed by atoms with Crippen LogP contribution in [0.15, 0.2) is 36.4 Å². The molecule has 0 atom stereocenters. The van der Waals surface area contributed by atoms with E-state index in [1.165, 1.54) is 18.2 Å². The SMILES string of the molecule is Cc1ccc(-n2nc3c(c2NC(=O)c2c(F)cccc2Cl)CSC3)c(C)c1. The average Bonchev–Trinajstić information content (AvgIpc) is 3.18. The second-order valence-corrected chi connectivity index (χ2v) is 7.91. The van der Waals surface area contributed by atoms with E-state index < -0.39 is 11.7 Å². The van der Waals surface area contributed by atoms with E-state index in [4.69, 9.17) is 16.7 Å². The van der Waals surface area contributed by atoms with Gasteiger partial charge in [0.1, 0.15) is 11.6 Å². The summed E-state index contributed by atoms with van der Waals surface area (Å²) in [5.41, 5.74) is 4.83. The number of aromatic nitrogens is 2. The summed E-state index contributed by atoms with van der Waals surface area (Å²) in [5.74, 6) is 0.885. The number of amides is 1. The van der Waals surface area contributed by atoms with Crippen molar-refractivity contribution in [1.29, 1.82) is 0 Å². The molecule has 2 aromatic carbocycles. The molecular weight excluding hydrogens is 385 g/mol. The number of rotatable bonds is 3. The van der Waals surface area contributed by atoms with Crippen LogP contribution in [0.1, 0.15) is 32.7 Å². The number of hydrogen-bond donors (Lipinski definition) is 1. The molecule has 27 heavy (non-hydrogen) atoms. The summed E-state index contributed by atoms with van der Waals surface area (Å²) in [6, 6.07) is 10.2. The molecule has 7 heteroatoms. The highest BCUT2D eigenvalue weighted by Gasteiger charge is 2.26. The molecule has 0 bridgehead atoms. The Morgan fingerprint density at radius 3 is 2.81 bits per heavy atom. The first-order valence-corrected chi connectivity index (χ1v) is 10.0. The Morgan fingerprint density at radius 1 is 1.26 bits per heavy atom. The quantitative estimate of drug-likeness (QED) is 0.649. The van der Waals surface area contributed by atoms with Gasteiger partial charge in [-0.05, 0) is 37.6 Å². The maximum absolute atomic E-state index is 14.2. The number of thioether (sulfide) groups is 1. The Morgan fingerprint density at radius 2 is 2.07 bits per heavy atom. The van der Waals surface area contributed by atoms with E-state index in [1.807, 2.05) is 26.0 Å². The Hall–Kier alpha value is -2.31. The fourth-order valence-corrected chi connectivity index (χ4v) is 4.53. The van der Waals surface area contributed by atoms with E-state index in [0.29, 0.717) is 5.82 Å². The van der Waals surface area contributed by atoms with Gasteiger partial charge in [0.15, 0.2) is 0 Å².